The molecule has 9 heteroatoms. The van der Waals surface area contributed by atoms with E-state index >= 15 is 0 Å². The van der Waals surface area contributed by atoms with Gasteiger partial charge in [0.1, 0.15) is 9.84 Å². The summed E-state index contributed by atoms with van der Waals surface area (Å²) in [4.78, 5) is 7.06. The fourth-order valence-corrected chi connectivity index (χ4v) is 3.73. The van der Waals surface area contributed by atoms with E-state index in [2.05, 4.69) is 51.7 Å². The summed E-state index contributed by atoms with van der Waals surface area (Å²) >= 11 is 0. The van der Waals surface area contributed by atoms with Crippen molar-refractivity contribution in [1.82, 2.24) is 15.5 Å². The van der Waals surface area contributed by atoms with Crippen LogP contribution in [0.3, 0.4) is 0 Å². The maximum atomic E-state index is 11.1. The first-order valence-electron chi connectivity index (χ1n) is 10.4. The smallest absolute Gasteiger partial charge is 0.191 e. The van der Waals surface area contributed by atoms with Gasteiger partial charge in [-0.25, -0.2) is 8.42 Å². The minimum Gasteiger partial charge on any atom is -0.378 e. The third-order valence-electron chi connectivity index (χ3n) is 5.03. The molecule has 0 atom stereocenters. The molecule has 1 fully saturated rings. The SMILES string of the molecule is CCNC(=NCCOCCS(C)(=O)=O)NC1CCN(Cc2ccccc2C)CC1.I. The summed E-state index contributed by atoms with van der Waals surface area (Å²) < 4.78 is 27.5. The number of hydrogen-bond acceptors (Lipinski definition) is 5. The van der Waals surface area contributed by atoms with Gasteiger partial charge in [-0.1, -0.05) is 24.3 Å². The van der Waals surface area contributed by atoms with Crippen molar-refractivity contribution >= 4 is 39.8 Å². The molecular formula is C21H37IN4O3S. The van der Waals surface area contributed by atoms with Gasteiger partial charge in [-0.2, -0.15) is 0 Å². The van der Waals surface area contributed by atoms with Crippen molar-refractivity contribution in [3.05, 3.63) is 35.4 Å². The topological polar surface area (TPSA) is 83.0 Å². The largest absolute Gasteiger partial charge is 0.378 e. The van der Waals surface area contributed by atoms with Crippen molar-refractivity contribution in [2.75, 3.05) is 51.4 Å². The molecule has 2 N–H and O–H groups in total. The Labute approximate surface area is 199 Å². The van der Waals surface area contributed by atoms with Gasteiger partial charge >= 0.3 is 0 Å². The number of piperidine rings is 1. The molecule has 1 aliphatic heterocycles. The third-order valence-corrected chi connectivity index (χ3v) is 5.94. The fourth-order valence-electron chi connectivity index (χ4n) is 3.31. The lowest BCUT2D eigenvalue weighted by Gasteiger charge is -2.33. The Bertz CT molecular complexity index is 750. The molecule has 0 unspecified atom stereocenters. The first-order valence-corrected chi connectivity index (χ1v) is 12.5. The summed E-state index contributed by atoms with van der Waals surface area (Å²) in [5.74, 6) is 0.854. The average molecular weight is 553 g/mol. The monoisotopic (exact) mass is 552 g/mol. The number of nitrogens with zero attached hydrogens (tertiary/aromatic N) is 2. The molecule has 0 saturated carbocycles. The van der Waals surface area contributed by atoms with Crippen LogP contribution in [-0.2, 0) is 21.1 Å². The quantitative estimate of drug-likeness (QED) is 0.201. The van der Waals surface area contributed by atoms with Gasteiger partial charge in [-0.05, 0) is 37.8 Å². The van der Waals surface area contributed by atoms with Crippen LogP contribution in [0, 0.1) is 6.92 Å². The Balaban J connectivity index is 0.00000450. The summed E-state index contributed by atoms with van der Waals surface area (Å²) in [6.45, 7) is 9.31. The van der Waals surface area contributed by atoms with Gasteiger partial charge in [-0.15, -0.1) is 24.0 Å². The predicted molar refractivity (Wildman–Crippen MR) is 135 cm³/mol. The standard InChI is InChI=1S/C21H36N4O3S.HI/c1-4-22-21(23-11-14-28-15-16-29(3,26)27)24-20-9-12-25(13-10-20)17-19-8-6-5-7-18(19)2;/h5-8,20H,4,9-17H2,1-3H3,(H2,22,23,24);1H. The van der Waals surface area contributed by atoms with Gasteiger partial charge in [0.15, 0.2) is 5.96 Å². The second kappa shape index (κ2) is 14.2. The van der Waals surface area contributed by atoms with Gasteiger partial charge < -0.3 is 15.4 Å². The lowest BCUT2D eigenvalue weighted by molar-refractivity contribution is 0.157. The van der Waals surface area contributed by atoms with Gasteiger partial charge in [0.2, 0.25) is 0 Å². The molecule has 30 heavy (non-hydrogen) atoms. The van der Waals surface area contributed by atoms with Crippen LogP contribution in [0.5, 0.6) is 0 Å². The number of halogens is 1. The number of guanidine groups is 1. The molecule has 0 amide bonds. The molecule has 0 aromatic heterocycles. The van der Waals surface area contributed by atoms with Gasteiger partial charge in [0, 0.05) is 38.5 Å². The van der Waals surface area contributed by atoms with Gasteiger partial charge in [0.25, 0.3) is 0 Å². The predicted octanol–water partition coefficient (Wildman–Crippen LogP) is 2.19. The van der Waals surface area contributed by atoms with E-state index in [0.717, 1.165) is 45.0 Å². The maximum Gasteiger partial charge on any atom is 0.191 e. The number of hydrogen-bond donors (Lipinski definition) is 2. The summed E-state index contributed by atoms with van der Waals surface area (Å²) in [6, 6.07) is 9.00. The van der Waals surface area contributed by atoms with Crippen LogP contribution in [0.15, 0.2) is 29.3 Å². The van der Waals surface area contributed by atoms with E-state index < -0.39 is 9.84 Å². The fraction of sp³-hybridized carbons (Fsp3) is 0.667. The first kappa shape index (κ1) is 27.1. The van der Waals surface area contributed by atoms with Crippen LogP contribution in [0.2, 0.25) is 0 Å². The van der Waals surface area contributed by atoms with Crippen molar-refractivity contribution in [3.8, 4) is 0 Å². The second-order valence-corrected chi connectivity index (χ2v) is 9.88. The van der Waals surface area contributed by atoms with Crippen LogP contribution in [-0.4, -0.2) is 76.7 Å². The summed E-state index contributed by atoms with van der Waals surface area (Å²) in [5.41, 5.74) is 2.76. The van der Waals surface area contributed by atoms with E-state index in [-0.39, 0.29) is 36.3 Å². The van der Waals surface area contributed by atoms with Crippen LogP contribution in [0.4, 0.5) is 0 Å². The number of aliphatic imine (C=N–C) groups is 1. The summed E-state index contributed by atoms with van der Waals surface area (Å²) in [6.07, 6.45) is 3.39. The molecule has 1 heterocycles. The molecule has 1 aliphatic rings. The van der Waals surface area contributed by atoms with E-state index in [1.165, 1.54) is 17.4 Å². The van der Waals surface area contributed by atoms with Crippen LogP contribution >= 0.6 is 24.0 Å². The lowest BCUT2D eigenvalue weighted by Crippen LogP contribution is -2.48. The van der Waals surface area contributed by atoms with E-state index in [1.54, 1.807) is 0 Å². The lowest BCUT2D eigenvalue weighted by atomic mass is 10.0. The Morgan fingerprint density at radius 1 is 1.23 bits per heavy atom. The summed E-state index contributed by atoms with van der Waals surface area (Å²) in [7, 11) is -2.97. The molecule has 0 spiro atoms. The highest BCUT2D eigenvalue weighted by molar-refractivity contribution is 14.0. The Kier molecular flexibility index (Phi) is 12.8. The first-order chi connectivity index (χ1) is 13.9. The number of benzene rings is 1. The van der Waals surface area contributed by atoms with Gasteiger partial charge in [0.05, 0.1) is 25.5 Å². The molecule has 0 bridgehead atoms. The van der Waals surface area contributed by atoms with E-state index in [1.807, 2.05) is 6.92 Å². The molecule has 7 nitrogen and oxygen atoms in total. The van der Waals surface area contributed by atoms with E-state index in [9.17, 15) is 8.42 Å². The number of rotatable bonds is 10. The molecule has 1 saturated heterocycles. The molecule has 1 aromatic rings. The zero-order chi connectivity index (χ0) is 21.1. The third kappa shape index (κ3) is 10.9. The number of nitrogens with one attached hydrogen (secondary N) is 2. The molecule has 2 rings (SSSR count). The van der Waals surface area contributed by atoms with Gasteiger partial charge in [-0.3, -0.25) is 9.89 Å². The number of aryl methyl sites for hydroxylation is 1. The van der Waals surface area contributed by atoms with E-state index in [4.69, 9.17) is 4.74 Å². The Morgan fingerprint density at radius 2 is 1.93 bits per heavy atom. The zero-order valence-electron chi connectivity index (χ0n) is 18.4. The van der Waals surface area contributed by atoms with Crippen LogP contribution in [0.25, 0.3) is 0 Å². The molecule has 0 aliphatic carbocycles. The van der Waals surface area contributed by atoms with Crippen molar-refractivity contribution in [1.29, 1.82) is 0 Å². The highest BCUT2D eigenvalue weighted by Gasteiger charge is 2.20. The highest BCUT2D eigenvalue weighted by Crippen LogP contribution is 2.16. The molecule has 0 radical (unpaired) electrons. The Hall–Kier alpha value is -0.910. The minimum atomic E-state index is -2.97. The molecule has 1 aromatic carbocycles. The molecular weight excluding hydrogens is 515 g/mol. The summed E-state index contributed by atoms with van der Waals surface area (Å²) in [5, 5.41) is 6.81. The highest BCUT2D eigenvalue weighted by atomic mass is 127. The second-order valence-electron chi connectivity index (χ2n) is 7.62. The van der Waals surface area contributed by atoms with E-state index in [0.29, 0.717) is 19.2 Å². The van der Waals surface area contributed by atoms with Crippen molar-refractivity contribution < 1.29 is 13.2 Å². The van der Waals surface area contributed by atoms with Crippen LogP contribution < -0.4 is 10.6 Å². The normalized spacial score (nSPS) is 16.2. The maximum absolute atomic E-state index is 11.1. The number of ether oxygens (including phenoxy) is 1. The molecule has 172 valence electrons. The number of likely N-dealkylation sites (tertiary alicyclic amines) is 1. The Morgan fingerprint density at radius 3 is 2.57 bits per heavy atom. The van der Waals surface area contributed by atoms with Crippen LogP contribution in [0.1, 0.15) is 30.9 Å². The van der Waals surface area contributed by atoms with Crippen molar-refractivity contribution in [3.63, 3.8) is 0 Å². The van der Waals surface area contributed by atoms with Crippen molar-refractivity contribution in [2.24, 2.45) is 4.99 Å². The average Bonchev–Trinajstić information content (AvgIpc) is 2.67. The minimum absolute atomic E-state index is 0. The number of sulfone groups is 1. The zero-order valence-corrected chi connectivity index (χ0v) is 21.5. The van der Waals surface area contributed by atoms with Crippen molar-refractivity contribution in [2.45, 2.75) is 39.3 Å².